The highest BCUT2D eigenvalue weighted by molar-refractivity contribution is 5.83. The smallest absolute Gasteiger partial charge is 0.124 e. The number of para-hydroxylation sites is 2. The molecule has 3 N–H and O–H groups in total. The van der Waals surface area contributed by atoms with Crippen molar-refractivity contribution < 1.29 is 10.2 Å². The van der Waals surface area contributed by atoms with Gasteiger partial charge in [-0.1, -0.05) is 24.3 Å². The quantitative estimate of drug-likeness (QED) is 0.749. The maximum absolute atomic E-state index is 9.25. The molecule has 0 radical (unpaired) electrons. The van der Waals surface area contributed by atoms with Crippen molar-refractivity contribution in [1.82, 2.24) is 0 Å². The summed E-state index contributed by atoms with van der Waals surface area (Å²) in [5.74, 6) is 0.442. The van der Waals surface area contributed by atoms with E-state index in [0.717, 1.165) is 18.3 Å². The standard InChI is InChI=1S/C9H11NO.C7H7NO/c1-2-10-7-8-5-3-4-6-9(8)11;8-5-6-3-1-2-4-7(6)9/h3-7,11H,2H2,1H3;1-5,8-9H. The molecule has 2 aromatic rings. The van der Waals surface area contributed by atoms with Crippen LogP contribution in [0.4, 0.5) is 0 Å². The molecule has 0 bridgehead atoms. The summed E-state index contributed by atoms with van der Waals surface area (Å²) < 4.78 is 0. The lowest BCUT2D eigenvalue weighted by atomic mass is 10.2. The van der Waals surface area contributed by atoms with E-state index in [1.54, 1.807) is 42.6 Å². The Hall–Kier alpha value is -2.62. The molecular weight excluding hydrogens is 252 g/mol. The highest BCUT2D eigenvalue weighted by Crippen LogP contribution is 2.12. The zero-order valence-corrected chi connectivity index (χ0v) is 11.3. The second kappa shape index (κ2) is 8.48. The molecule has 2 rings (SSSR count). The fourth-order valence-corrected chi connectivity index (χ4v) is 1.40. The van der Waals surface area contributed by atoms with Crippen LogP contribution in [-0.2, 0) is 0 Å². The Labute approximate surface area is 118 Å². The monoisotopic (exact) mass is 270 g/mol. The van der Waals surface area contributed by atoms with Crippen LogP contribution in [-0.4, -0.2) is 29.2 Å². The molecule has 0 amide bonds. The summed E-state index contributed by atoms with van der Waals surface area (Å²) in [6.45, 7) is 2.70. The van der Waals surface area contributed by atoms with Crippen LogP contribution >= 0.6 is 0 Å². The molecule has 4 nitrogen and oxygen atoms in total. The van der Waals surface area contributed by atoms with Gasteiger partial charge in [0.05, 0.1) is 0 Å². The summed E-state index contributed by atoms with van der Waals surface area (Å²) in [6.07, 6.45) is 2.80. The maximum Gasteiger partial charge on any atom is 0.124 e. The molecule has 0 aliphatic carbocycles. The number of phenols is 2. The Morgan fingerprint density at radius 2 is 1.45 bits per heavy atom. The first-order valence-electron chi connectivity index (χ1n) is 6.25. The summed E-state index contributed by atoms with van der Waals surface area (Å²) in [5, 5.41) is 25.0. The topological polar surface area (TPSA) is 76.7 Å². The molecular formula is C16H18N2O2. The van der Waals surface area contributed by atoms with Gasteiger partial charge in [0.1, 0.15) is 11.5 Å². The molecule has 0 atom stereocenters. The Bertz CT molecular complexity index is 580. The first kappa shape index (κ1) is 15.4. The van der Waals surface area contributed by atoms with Crippen LogP contribution in [0.15, 0.2) is 53.5 Å². The Kier molecular flexibility index (Phi) is 6.54. The highest BCUT2D eigenvalue weighted by atomic mass is 16.3. The molecule has 0 spiro atoms. The summed E-state index contributed by atoms with van der Waals surface area (Å²) in [4.78, 5) is 4.02. The van der Waals surface area contributed by atoms with Crippen LogP contribution in [0.1, 0.15) is 18.1 Å². The van der Waals surface area contributed by atoms with Crippen LogP contribution in [0.5, 0.6) is 11.5 Å². The Morgan fingerprint density at radius 1 is 0.950 bits per heavy atom. The van der Waals surface area contributed by atoms with Crippen LogP contribution in [0.3, 0.4) is 0 Å². The lowest BCUT2D eigenvalue weighted by Gasteiger charge is -1.94. The van der Waals surface area contributed by atoms with Crippen LogP contribution in [0.25, 0.3) is 0 Å². The van der Waals surface area contributed by atoms with E-state index in [1.807, 2.05) is 19.1 Å². The first-order valence-corrected chi connectivity index (χ1v) is 6.25. The maximum atomic E-state index is 9.25. The minimum absolute atomic E-state index is 0.160. The van der Waals surface area contributed by atoms with E-state index in [9.17, 15) is 5.11 Å². The lowest BCUT2D eigenvalue weighted by Crippen LogP contribution is -1.81. The van der Waals surface area contributed by atoms with Gasteiger partial charge in [-0.05, 0) is 31.2 Å². The van der Waals surface area contributed by atoms with E-state index in [4.69, 9.17) is 10.5 Å². The van der Waals surface area contributed by atoms with E-state index in [-0.39, 0.29) is 11.5 Å². The third-order valence-electron chi connectivity index (χ3n) is 2.44. The van der Waals surface area contributed by atoms with Gasteiger partial charge in [-0.3, -0.25) is 4.99 Å². The third-order valence-corrected chi connectivity index (χ3v) is 2.44. The molecule has 0 aromatic heterocycles. The van der Waals surface area contributed by atoms with Gasteiger partial charge >= 0.3 is 0 Å². The molecule has 2 aromatic carbocycles. The molecule has 0 unspecified atom stereocenters. The van der Waals surface area contributed by atoms with Crippen molar-refractivity contribution in [2.75, 3.05) is 6.54 Å². The number of hydrogen-bond acceptors (Lipinski definition) is 4. The van der Waals surface area contributed by atoms with E-state index >= 15 is 0 Å². The first-order chi connectivity index (χ1) is 9.69. The summed E-state index contributed by atoms with van der Waals surface area (Å²) in [6, 6.07) is 13.9. The van der Waals surface area contributed by atoms with Crippen molar-refractivity contribution in [2.24, 2.45) is 4.99 Å². The Morgan fingerprint density at radius 3 is 1.85 bits per heavy atom. The summed E-state index contributed by atoms with van der Waals surface area (Å²) >= 11 is 0. The average Bonchev–Trinajstić information content (AvgIpc) is 2.48. The fraction of sp³-hybridized carbons (Fsp3) is 0.125. The lowest BCUT2D eigenvalue weighted by molar-refractivity contribution is 0.474. The fourth-order valence-electron chi connectivity index (χ4n) is 1.40. The number of aliphatic imine (C=N–C) groups is 1. The highest BCUT2D eigenvalue weighted by Gasteiger charge is 1.92. The number of hydrogen-bond donors (Lipinski definition) is 3. The Balaban J connectivity index is 0.000000204. The number of phenolic OH excluding ortho intramolecular Hbond substituents is 2. The van der Waals surface area contributed by atoms with Crippen LogP contribution in [0.2, 0.25) is 0 Å². The van der Waals surface area contributed by atoms with E-state index in [0.29, 0.717) is 5.56 Å². The number of rotatable bonds is 3. The third kappa shape index (κ3) is 4.94. The minimum atomic E-state index is 0.160. The van der Waals surface area contributed by atoms with Crippen molar-refractivity contribution in [2.45, 2.75) is 6.92 Å². The van der Waals surface area contributed by atoms with Gasteiger partial charge < -0.3 is 15.6 Å². The van der Waals surface area contributed by atoms with Crippen molar-refractivity contribution in [3.05, 3.63) is 59.7 Å². The average molecular weight is 270 g/mol. The molecule has 0 aliphatic heterocycles. The number of nitrogens with zero attached hydrogens (tertiary/aromatic N) is 1. The second-order valence-corrected chi connectivity index (χ2v) is 3.89. The minimum Gasteiger partial charge on any atom is -0.507 e. The predicted octanol–water partition coefficient (Wildman–Crippen LogP) is 3.22. The van der Waals surface area contributed by atoms with Gasteiger partial charge in [0, 0.05) is 30.1 Å². The van der Waals surface area contributed by atoms with Gasteiger partial charge in [0.15, 0.2) is 0 Å². The van der Waals surface area contributed by atoms with Crippen molar-refractivity contribution in [1.29, 1.82) is 5.41 Å². The van der Waals surface area contributed by atoms with E-state index in [1.165, 1.54) is 0 Å². The predicted molar refractivity (Wildman–Crippen MR) is 82.2 cm³/mol. The number of benzene rings is 2. The molecule has 0 fully saturated rings. The molecule has 4 heteroatoms. The molecule has 104 valence electrons. The van der Waals surface area contributed by atoms with Gasteiger partial charge in [-0.25, -0.2) is 0 Å². The zero-order chi connectivity index (χ0) is 14.8. The van der Waals surface area contributed by atoms with Crippen molar-refractivity contribution >= 4 is 12.4 Å². The molecule has 0 saturated heterocycles. The van der Waals surface area contributed by atoms with Gasteiger partial charge in [0.2, 0.25) is 0 Å². The molecule has 0 aliphatic rings. The van der Waals surface area contributed by atoms with Crippen molar-refractivity contribution in [3.63, 3.8) is 0 Å². The number of aromatic hydroxyl groups is 2. The van der Waals surface area contributed by atoms with Crippen LogP contribution in [0, 0.1) is 5.41 Å². The van der Waals surface area contributed by atoms with Crippen molar-refractivity contribution in [3.8, 4) is 11.5 Å². The second-order valence-electron chi connectivity index (χ2n) is 3.89. The zero-order valence-electron chi connectivity index (χ0n) is 11.3. The van der Waals surface area contributed by atoms with E-state index < -0.39 is 0 Å². The summed E-state index contributed by atoms with van der Waals surface area (Å²) in [5.41, 5.74) is 1.33. The van der Waals surface area contributed by atoms with Crippen LogP contribution < -0.4 is 0 Å². The largest absolute Gasteiger partial charge is 0.507 e. The van der Waals surface area contributed by atoms with Gasteiger partial charge in [-0.15, -0.1) is 0 Å². The normalized spacial score (nSPS) is 9.85. The molecule has 0 heterocycles. The molecule has 0 saturated carbocycles. The number of nitrogens with one attached hydrogen (secondary N) is 1. The summed E-state index contributed by atoms with van der Waals surface area (Å²) in [7, 11) is 0. The SMILES string of the molecule is CCN=Cc1ccccc1O.N=Cc1ccccc1O. The van der Waals surface area contributed by atoms with Gasteiger partial charge in [-0.2, -0.15) is 0 Å². The molecule has 20 heavy (non-hydrogen) atoms. The van der Waals surface area contributed by atoms with E-state index in [2.05, 4.69) is 4.99 Å². The van der Waals surface area contributed by atoms with Gasteiger partial charge in [0.25, 0.3) is 0 Å².